The molecule has 0 atom stereocenters. The standard InChI is InChI=1S/C14H21FN2/c1-10-8-14(13(16)9-12(10)15)17(2)11-6-4-3-5-7-11/h8-9,11H,3-7,16H2,1-2H3. The van der Waals surface area contributed by atoms with E-state index in [1.54, 1.807) is 6.92 Å². The minimum atomic E-state index is -0.219. The lowest BCUT2D eigenvalue weighted by Crippen LogP contribution is -2.33. The first-order chi connectivity index (χ1) is 8.09. The molecule has 0 bridgehead atoms. The van der Waals surface area contributed by atoms with Gasteiger partial charge in [-0.3, -0.25) is 0 Å². The fourth-order valence-electron chi connectivity index (χ4n) is 2.65. The van der Waals surface area contributed by atoms with E-state index in [0.717, 1.165) is 5.69 Å². The number of nitrogens with zero attached hydrogens (tertiary/aromatic N) is 1. The number of aryl methyl sites for hydroxylation is 1. The van der Waals surface area contributed by atoms with Gasteiger partial charge in [0.25, 0.3) is 0 Å². The van der Waals surface area contributed by atoms with Gasteiger partial charge in [0.05, 0.1) is 11.4 Å². The van der Waals surface area contributed by atoms with Gasteiger partial charge in [0, 0.05) is 13.1 Å². The maximum absolute atomic E-state index is 13.4. The molecule has 2 rings (SSSR count). The largest absolute Gasteiger partial charge is 0.397 e. The number of rotatable bonds is 2. The molecule has 2 nitrogen and oxygen atoms in total. The third kappa shape index (κ3) is 2.54. The third-order valence-electron chi connectivity index (χ3n) is 3.81. The van der Waals surface area contributed by atoms with Crippen molar-refractivity contribution in [2.45, 2.75) is 45.1 Å². The van der Waals surface area contributed by atoms with E-state index in [4.69, 9.17) is 5.73 Å². The van der Waals surface area contributed by atoms with Crippen LogP contribution in [0.3, 0.4) is 0 Å². The Morgan fingerprint density at radius 3 is 2.53 bits per heavy atom. The van der Waals surface area contributed by atoms with Crippen LogP contribution >= 0.6 is 0 Å². The molecule has 2 N–H and O–H groups in total. The summed E-state index contributed by atoms with van der Waals surface area (Å²) in [5.41, 5.74) is 8.09. The van der Waals surface area contributed by atoms with E-state index in [1.807, 2.05) is 6.07 Å². The van der Waals surface area contributed by atoms with Crippen molar-refractivity contribution in [3.63, 3.8) is 0 Å². The smallest absolute Gasteiger partial charge is 0.128 e. The van der Waals surface area contributed by atoms with Crippen LogP contribution < -0.4 is 10.6 Å². The molecule has 1 aliphatic carbocycles. The molecule has 3 heteroatoms. The molecule has 0 saturated heterocycles. The van der Waals surface area contributed by atoms with Crippen molar-refractivity contribution < 1.29 is 4.39 Å². The molecule has 0 unspecified atom stereocenters. The van der Waals surface area contributed by atoms with Crippen LogP contribution in [0.1, 0.15) is 37.7 Å². The van der Waals surface area contributed by atoms with Crippen molar-refractivity contribution in [3.05, 3.63) is 23.5 Å². The van der Waals surface area contributed by atoms with Crippen molar-refractivity contribution in [3.8, 4) is 0 Å². The molecule has 17 heavy (non-hydrogen) atoms. The lowest BCUT2D eigenvalue weighted by molar-refractivity contribution is 0.427. The van der Waals surface area contributed by atoms with Gasteiger partial charge in [-0.1, -0.05) is 19.3 Å². The Hall–Kier alpha value is -1.25. The van der Waals surface area contributed by atoms with Crippen molar-refractivity contribution in [2.24, 2.45) is 0 Å². The van der Waals surface area contributed by atoms with Gasteiger partial charge in [0.2, 0.25) is 0 Å². The number of hydrogen-bond donors (Lipinski definition) is 1. The van der Waals surface area contributed by atoms with Gasteiger partial charge in [-0.25, -0.2) is 4.39 Å². The zero-order valence-electron chi connectivity index (χ0n) is 10.7. The van der Waals surface area contributed by atoms with Crippen molar-refractivity contribution in [2.75, 3.05) is 17.7 Å². The van der Waals surface area contributed by atoms with E-state index >= 15 is 0 Å². The molecule has 1 saturated carbocycles. The van der Waals surface area contributed by atoms with Crippen LogP contribution in [0.2, 0.25) is 0 Å². The number of nitrogens with two attached hydrogens (primary N) is 1. The lowest BCUT2D eigenvalue weighted by atomic mass is 9.94. The minimum absolute atomic E-state index is 0.219. The molecule has 0 heterocycles. The zero-order valence-corrected chi connectivity index (χ0v) is 10.7. The third-order valence-corrected chi connectivity index (χ3v) is 3.81. The highest BCUT2D eigenvalue weighted by atomic mass is 19.1. The molecule has 1 aromatic carbocycles. The molecular formula is C14H21FN2. The lowest BCUT2D eigenvalue weighted by Gasteiger charge is -2.33. The second-order valence-electron chi connectivity index (χ2n) is 5.06. The quantitative estimate of drug-likeness (QED) is 0.796. The summed E-state index contributed by atoms with van der Waals surface area (Å²) in [5, 5.41) is 0. The molecule has 94 valence electrons. The first-order valence-corrected chi connectivity index (χ1v) is 6.38. The Bertz CT molecular complexity index is 397. The highest BCUT2D eigenvalue weighted by molar-refractivity contribution is 5.68. The van der Waals surface area contributed by atoms with Gasteiger partial charge in [-0.05, 0) is 37.5 Å². The SMILES string of the molecule is Cc1cc(N(C)C2CCCCC2)c(N)cc1F. The molecule has 1 aromatic rings. The molecule has 0 amide bonds. The summed E-state index contributed by atoms with van der Waals surface area (Å²) in [7, 11) is 2.07. The van der Waals surface area contributed by atoms with Crippen LogP contribution in [0.5, 0.6) is 0 Å². The second-order valence-corrected chi connectivity index (χ2v) is 5.06. The molecule has 0 aromatic heterocycles. The Balaban J connectivity index is 2.23. The summed E-state index contributed by atoms with van der Waals surface area (Å²) >= 11 is 0. The van der Waals surface area contributed by atoms with E-state index in [1.165, 1.54) is 38.2 Å². The van der Waals surface area contributed by atoms with Crippen molar-refractivity contribution >= 4 is 11.4 Å². The monoisotopic (exact) mass is 236 g/mol. The Labute approximate surface area is 103 Å². The number of anilines is 2. The maximum Gasteiger partial charge on any atom is 0.128 e. The van der Waals surface area contributed by atoms with Crippen LogP contribution in [-0.2, 0) is 0 Å². The average molecular weight is 236 g/mol. The summed E-state index contributed by atoms with van der Waals surface area (Å²) in [6.07, 6.45) is 6.34. The number of hydrogen-bond acceptors (Lipinski definition) is 2. The summed E-state index contributed by atoms with van der Waals surface area (Å²) in [4.78, 5) is 2.22. The summed E-state index contributed by atoms with van der Waals surface area (Å²) < 4.78 is 13.4. The topological polar surface area (TPSA) is 29.3 Å². The van der Waals surface area contributed by atoms with Gasteiger partial charge in [-0.15, -0.1) is 0 Å². The van der Waals surface area contributed by atoms with Crippen molar-refractivity contribution in [1.29, 1.82) is 0 Å². The summed E-state index contributed by atoms with van der Waals surface area (Å²) in [5.74, 6) is -0.219. The first kappa shape index (κ1) is 12.2. The predicted octanol–water partition coefficient (Wildman–Crippen LogP) is 3.49. The predicted molar refractivity (Wildman–Crippen MR) is 70.8 cm³/mol. The highest BCUT2D eigenvalue weighted by Crippen LogP contribution is 2.31. The fraction of sp³-hybridized carbons (Fsp3) is 0.571. The van der Waals surface area contributed by atoms with E-state index in [2.05, 4.69) is 11.9 Å². The molecule has 0 spiro atoms. The molecule has 0 aliphatic heterocycles. The van der Waals surface area contributed by atoms with Crippen LogP contribution in [0.4, 0.5) is 15.8 Å². The molecule has 0 radical (unpaired) electrons. The van der Waals surface area contributed by atoms with E-state index in [9.17, 15) is 4.39 Å². The van der Waals surface area contributed by atoms with Crippen LogP contribution in [-0.4, -0.2) is 13.1 Å². The number of nitrogen functional groups attached to an aromatic ring is 1. The normalized spacial score (nSPS) is 17.1. The Morgan fingerprint density at radius 1 is 1.24 bits per heavy atom. The highest BCUT2D eigenvalue weighted by Gasteiger charge is 2.20. The van der Waals surface area contributed by atoms with Gasteiger partial charge in [0.15, 0.2) is 0 Å². The average Bonchev–Trinajstić information content (AvgIpc) is 2.34. The molecule has 1 aliphatic rings. The minimum Gasteiger partial charge on any atom is -0.397 e. The van der Waals surface area contributed by atoms with Gasteiger partial charge in [0.1, 0.15) is 5.82 Å². The number of halogens is 1. The summed E-state index contributed by atoms with van der Waals surface area (Å²) in [6, 6.07) is 3.85. The van der Waals surface area contributed by atoms with Gasteiger partial charge < -0.3 is 10.6 Å². The van der Waals surface area contributed by atoms with Crippen LogP contribution in [0, 0.1) is 12.7 Å². The van der Waals surface area contributed by atoms with Gasteiger partial charge in [-0.2, -0.15) is 0 Å². The second kappa shape index (κ2) is 4.94. The first-order valence-electron chi connectivity index (χ1n) is 6.38. The fourth-order valence-corrected chi connectivity index (χ4v) is 2.65. The van der Waals surface area contributed by atoms with E-state index in [0.29, 0.717) is 17.3 Å². The van der Waals surface area contributed by atoms with Crippen LogP contribution in [0.25, 0.3) is 0 Å². The molecular weight excluding hydrogens is 215 g/mol. The Morgan fingerprint density at radius 2 is 1.88 bits per heavy atom. The van der Waals surface area contributed by atoms with E-state index < -0.39 is 0 Å². The zero-order chi connectivity index (χ0) is 12.4. The Kier molecular flexibility index (Phi) is 3.55. The van der Waals surface area contributed by atoms with Crippen molar-refractivity contribution in [1.82, 2.24) is 0 Å². The summed E-state index contributed by atoms with van der Waals surface area (Å²) in [6.45, 7) is 1.78. The maximum atomic E-state index is 13.4. The number of benzene rings is 1. The van der Waals surface area contributed by atoms with Crippen LogP contribution in [0.15, 0.2) is 12.1 Å². The van der Waals surface area contributed by atoms with E-state index in [-0.39, 0.29) is 5.82 Å². The van der Waals surface area contributed by atoms with Gasteiger partial charge >= 0.3 is 0 Å². The molecule has 1 fully saturated rings.